The van der Waals surface area contributed by atoms with Crippen LogP contribution in [0.4, 0.5) is 0 Å². The minimum atomic E-state index is 0.559. The third-order valence-electron chi connectivity index (χ3n) is 4.46. The number of benzene rings is 1. The van der Waals surface area contributed by atoms with Crippen LogP contribution in [0.5, 0.6) is 0 Å². The van der Waals surface area contributed by atoms with Gasteiger partial charge in [-0.05, 0) is 19.1 Å². The first kappa shape index (κ1) is 15.2. The van der Waals surface area contributed by atoms with Crippen LogP contribution in [0.3, 0.4) is 0 Å². The van der Waals surface area contributed by atoms with Crippen LogP contribution in [0.15, 0.2) is 41.1 Å². The van der Waals surface area contributed by atoms with E-state index < -0.39 is 0 Å². The number of aryl methyl sites for hydroxylation is 1. The quantitative estimate of drug-likeness (QED) is 0.739. The Bertz CT molecular complexity index is 916. The van der Waals surface area contributed by atoms with Crippen molar-refractivity contribution in [2.45, 2.75) is 26.4 Å². The van der Waals surface area contributed by atoms with Crippen molar-refractivity contribution < 1.29 is 4.52 Å². The SMILES string of the molecule is Cc1noc(-c2ccccc2)c1CN1CCc2[nH]c(=S)ncc2C1. The first-order chi connectivity index (χ1) is 11.7. The molecule has 0 unspecified atom stereocenters. The summed E-state index contributed by atoms with van der Waals surface area (Å²) in [5.74, 6) is 0.865. The van der Waals surface area contributed by atoms with Crippen LogP contribution in [0, 0.1) is 11.7 Å². The van der Waals surface area contributed by atoms with Crippen molar-refractivity contribution in [2.75, 3.05) is 6.54 Å². The molecule has 0 radical (unpaired) electrons. The van der Waals surface area contributed by atoms with Gasteiger partial charge in [0.25, 0.3) is 0 Å². The normalized spacial score (nSPS) is 14.5. The van der Waals surface area contributed by atoms with Gasteiger partial charge in [-0.3, -0.25) is 4.90 Å². The van der Waals surface area contributed by atoms with Gasteiger partial charge in [0, 0.05) is 54.6 Å². The number of rotatable bonds is 3. The Kier molecular flexibility index (Phi) is 4.00. The summed E-state index contributed by atoms with van der Waals surface area (Å²) < 4.78 is 6.16. The minimum absolute atomic E-state index is 0.559. The largest absolute Gasteiger partial charge is 0.356 e. The lowest BCUT2D eigenvalue weighted by molar-refractivity contribution is 0.242. The Morgan fingerprint density at radius 2 is 2.12 bits per heavy atom. The van der Waals surface area contributed by atoms with Gasteiger partial charge in [-0.1, -0.05) is 35.5 Å². The molecular weight excluding hydrogens is 320 g/mol. The molecule has 122 valence electrons. The molecule has 1 N–H and O–H groups in total. The number of H-pyrrole nitrogens is 1. The summed E-state index contributed by atoms with van der Waals surface area (Å²) in [6.07, 6.45) is 2.84. The van der Waals surface area contributed by atoms with Gasteiger partial charge in [0.15, 0.2) is 10.5 Å². The fourth-order valence-electron chi connectivity index (χ4n) is 3.16. The number of aromatic nitrogens is 3. The third-order valence-corrected chi connectivity index (χ3v) is 4.66. The maximum absolute atomic E-state index is 5.60. The van der Waals surface area contributed by atoms with Gasteiger partial charge < -0.3 is 9.51 Å². The molecular formula is C18H18N4OS. The van der Waals surface area contributed by atoms with Crippen molar-refractivity contribution in [3.8, 4) is 11.3 Å². The zero-order valence-corrected chi connectivity index (χ0v) is 14.3. The van der Waals surface area contributed by atoms with Gasteiger partial charge in [-0.15, -0.1) is 0 Å². The van der Waals surface area contributed by atoms with Crippen LogP contribution in [-0.2, 0) is 19.5 Å². The van der Waals surface area contributed by atoms with E-state index in [0.717, 1.165) is 48.6 Å². The van der Waals surface area contributed by atoms with E-state index >= 15 is 0 Å². The molecule has 0 bridgehead atoms. The zero-order chi connectivity index (χ0) is 16.5. The molecule has 2 aromatic heterocycles. The molecule has 1 aliphatic heterocycles. The average molecular weight is 338 g/mol. The van der Waals surface area contributed by atoms with Crippen LogP contribution >= 0.6 is 12.2 Å². The van der Waals surface area contributed by atoms with Crippen molar-refractivity contribution in [1.29, 1.82) is 0 Å². The molecule has 0 fully saturated rings. The smallest absolute Gasteiger partial charge is 0.196 e. The van der Waals surface area contributed by atoms with E-state index in [0.29, 0.717) is 4.77 Å². The average Bonchev–Trinajstić information content (AvgIpc) is 2.96. The Morgan fingerprint density at radius 3 is 2.96 bits per heavy atom. The summed E-state index contributed by atoms with van der Waals surface area (Å²) in [5, 5.41) is 4.18. The van der Waals surface area contributed by atoms with Crippen molar-refractivity contribution in [2.24, 2.45) is 0 Å². The molecule has 4 rings (SSSR count). The van der Waals surface area contributed by atoms with Gasteiger partial charge in [0.2, 0.25) is 0 Å². The van der Waals surface area contributed by atoms with Gasteiger partial charge in [0.05, 0.1) is 5.69 Å². The molecule has 1 aromatic carbocycles. The Labute approximate surface area is 145 Å². The summed E-state index contributed by atoms with van der Waals surface area (Å²) in [7, 11) is 0. The fourth-order valence-corrected chi connectivity index (χ4v) is 3.33. The van der Waals surface area contributed by atoms with Gasteiger partial charge in [-0.25, -0.2) is 4.98 Å². The summed E-state index contributed by atoms with van der Waals surface area (Å²) in [4.78, 5) is 9.81. The molecule has 0 atom stereocenters. The van der Waals surface area contributed by atoms with Gasteiger partial charge in [-0.2, -0.15) is 0 Å². The number of fused-ring (bicyclic) bond motifs is 1. The summed E-state index contributed by atoms with van der Waals surface area (Å²) in [6.45, 7) is 4.64. The van der Waals surface area contributed by atoms with Crippen LogP contribution in [-0.4, -0.2) is 26.6 Å². The highest BCUT2D eigenvalue weighted by atomic mass is 32.1. The highest BCUT2D eigenvalue weighted by Crippen LogP contribution is 2.28. The van der Waals surface area contributed by atoms with Gasteiger partial charge >= 0.3 is 0 Å². The molecule has 3 heterocycles. The topological polar surface area (TPSA) is 58.0 Å². The number of aromatic amines is 1. The van der Waals surface area contributed by atoms with Crippen LogP contribution in [0.1, 0.15) is 22.5 Å². The maximum Gasteiger partial charge on any atom is 0.196 e. The zero-order valence-electron chi connectivity index (χ0n) is 13.5. The van der Waals surface area contributed by atoms with E-state index in [-0.39, 0.29) is 0 Å². The molecule has 3 aromatic rings. The van der Waals surface area contributed by atoms with Crippen LogP contribution in [0.25, 0.3) is 11.3 Å². The minimum Gasteiger partial charge on any atom is -0.356 e. The highest BCUT2D eigenvalue weighted by Gasteiger charge is 2.22. The van der Waals surface area contributed by atoms with E-state index in [2.05, 4.69) is 32.2 Å². The number of nitrogens with one attached hydrogen (secondary N) is 1. The Hall–Kier alpha value is -2.31. The number of nitrogens with zero attached hydrogens (tertiary/aromatic N) is 3. The molecule has 0 aliphatic carbocycles. The fraction of sp³-hybridized carbons (Fsp3) is 0.278. The number of hydrogen-bond acceptors (Lipinski definition) is 5. The lowest BCUT2D eigenvalue weighted by atomic mass is 10.0. The second kappa shape index (κ2) is 6.30. The molecule has 24 heavy (non-hydrogen) atoms. The first-order valence-electron chi connectivity index (χ1n) is 8.00. The predicted molar refractivity (Wildman–Crippen MR) is 93.9 cm³/mol. The molecule has 0 saturated carbocycles. The third kappa shape index (κ3) is 2.90. The van der Waals surface area contributed by atoms with Crippen molar-refractivity contribution >= 4 is 12.2 Å². The van der Waals surface area contributed by atoms with E-state index in [1.165, 1.54) is 11.3 Å². The molecule has 6 heteroatoms. The van der Waals surface area contributed by atoms with Crippen molar-refractivity contribution in [1.82, 2.24) is 20.0 Å². The predicted octanol–water partition coefficient (Wildman–Crippen LogP) is 3.66. The van der Waals surface area contributed by atoms with E-state index in [1.807, 2.05) is 31.3 Å². The molecule has 1 aliphatic rings. The molecule has 0 amide bonds. The van der Waals surface area contributed by atoms with E-state index in [4.69, 9.17) is 16.7 Å². The molecule has 5 nitrogen and oxygen atoms in total. The molecule has 0 spiro atoms. The summed E-state index contributed by atoms with van der Waals surface area (Å²) >= 11 is 5.11. The van der Waals surface area contributed by atoms with Crippen molar-refractivity contribution in [3.63, 3.8) is 0 Å². The van der Waals surface area contributed by atoms with Gasteiger partial charge in [0.1, 0.15) is 0 Å². The van der Waals surface area contributed by atoms with Crippen molar-refractivity contribution in [3.05, 3.63) is 63.8 Å². The Balaban J connectivity index is 1.60. The highest BCUT2D eigenvalue weighted by molar-refractivity contribution is 7.71. The second-order valence-electron chi connectivity index (χ2n) is 6.09. The lowest BCUT2D eigenvalue weighted by Crippen LogP contribution is -2.31. The molecule has 0 saturated heterocycles. The standard InChI is InChI=1S/C18H18N4OS/c1-12-15(17(23-21-12)13-5-3-2-4-6-13)11-22-8-7-16-14(10-22)9-19-18(24)20-16/h2-6,9H,7-8,10-11H2,1H3,(H,19,20,24). The summed E-state index contributed by atoms with van der Waals surface area (Å²) in [5.41, 5.74) is 5.59. The maximum atomic E-state index is 5.60. The second-order valence-corrected chi connectivity index (χ2v) is 6.48. The number of hydrogen-bond donors (Lipinski definition) is 1. The lowest BCUT2D eigenvalue weighted by Gasteiger charge is -2.28. The van der Waals surface area contributed by atoms with E-state index in [9.17, 15) is 0 Å². The van der Waals surface area contributed by atoms with Crippen LogP contribution in [0.2, 0.25) is 0 Å². The summed E-state index contributed by atoms with van der Waals surface area (Å²) in [6, 6.07) is 10.1. The first-order valence-corrected chi connectivity index (χ1v) is 8.41. The van der Waals surface area contributed by atoms with E-state index in [1.54, 1.807) is 0 Å². The van der Waals surface area contributed by atoms with Crippen LogP contribution < -0.4 is 0 Å². The Morgan fingerprint density at radius 1 is 1.29 bits per heavy atom. The monoisotopic (exact) mass is 338 g/mol.